The number of carbonyl (C=O) groups is 1. The van der Waals surface area contributed by atoms with Gasteiger partial charge >= 0.3 is 7.12 Å². The van der Waals surface area contributed by atoms with Crippen LogP contribution in [0, 0.1) is 0 Å². The Morgan fingerprint density at radius 3 is 2.44 bits per heavy atom. The highest BCUT2D eigenvalue weighted by Gasteiger charge is 2.28. The number of aliphatic hydroxyl groups is 1. The maximum absolute atomic E-state index is 12.3. The molecule has 27 heavy (non-hydrogen) atoms. The van der Waals surface area contributed by atoms with E-state index in [1.54, 1.807) is 18.2 Å². The van der Waals surface area contributed by atoms with Crippen LogP contribution in [0.1, 0.15) is 33.2 Å². The van der Waals surface area contributed by atoms with Crippen LogP contribution in [0.5, 0.6) is 0 Å². The minimum Gasteiger partial charge on any atom is -0.423 e. The van der Waals surface area contributed by atoms with Gasteiger partial charge in [-0.2, -0.15) is 0 Å². The predicted molar refractivity (Wildman–Crippen MR) is 106 cm³/mol. The van der Waals surface area contributed by atoms with Crippen molar-refractivity contribution in [1.82, 2.24) is 0 Å². The van der Waals surface area contributed by atoms with Crippen molar-refractivity contribution in [3.63, 3.8) is 0 Å². The second-order valence-electron chi connectivity index (χ2n) is 6.35. The first-order valence-electron chi connectivity index (χ1n) is 8.59. The van der Waals surface area contributed by atoms with Gasteiger partial charge < -0.3 is 14.8 Å². The van der Waals surface area contributed by atoms with E-state index < -0.39 is 13.2 Å². The molecule has 4 nitrogen and oxygen atoms in total. The van der Waals surface area contributed by atoms with Crippen LogP contribution in [0.2, 0.25) is 0 Å². The number of hydrogen-bond acceptors (Lipinski definition) is 5. The summed E-state index contributed by atoms with van der Waals surface area (Å²) >= 11 is 1.16. The van der Waals surface area contributed by atoms with Gasteiger partial charge in [0.05, 0.1) is 6.61 Å². The Bertz CT molecular complexity index is 960. The van der Waals surface area contributed by atoms with Gasteiger partial charge in [0, 0.05) is 10.5 Å². The van der Waals surface area contributed by atoms with Crippen LogP contribution in [0.15, 0.2) is 77.7 Å². The molecular weight excluding hydrogens is 359 g/mol. The first kappa shape index (κ1) is 18.0. The minimum absolute atomic E-state index is 0.0171. The molecule has 6 heteroatoms. The molecule has 0 aliphatic carbocycles. The quantitative estimate of drug-likeness (QED) is 0.542. The summed E-state index contributed by atoms with van der Waals surface area (Å²) in [5, 5.41) is 20.5. The molecule has 0 amide bonds. The highest BCUT2D eigenvalue weighted by atomic mass is 32.2. The number of benzene rings is 3. The summed E-state index contributed by atoms with van der Waals surface area (Å²) in [5.41, 5.74) is 3.71. The van der Waals surface area contributed by atoms with Gasteiger partial charge in [0.2, 0.25) is 5.12 Å². The van der Waals surface area contributed by atoms with E-state index in [1.165, 1.54) is 0 Å². The summed E-state index contributed by atoms with van der Waals surface area (Å²) in [6.45, 7) is 0.383. The molecule has 134 valence electrons. The average Bonchev–Trinajstić information content (AvgIpc) is 3.09. The lowest BCUT2D eigenvalue weighted by molar-refractivity contribution is 0.108. The maximum Gasteiger partial charge on any atom is 0.491 e. The van der Waals surface area contributed by atoms with Crippen molar-refractivity contribution in [3.8, 4) is 0 Å². The van der Waals surface area contributed by atoms with Crippen LogP contribution in [0.3, 0.4) is 0 Å². The van der Waals surface area contributed by atoms with Gasteiger partial charge in [-0.1, -0.05) is 60.7 Å². The summed E-state index contributed by atoms with van der Waals surface area (Å²) in [6, 6.07) is 21.9. The molecular formula is C21H17BO4S. The van der Waals surface area contributed by atoms with Crippen LogP contribution in [0.25, 0.3) is 0 Å². The van der Waals surface area contributed by atoms with E-state index in [4.69, 9.17) is 4.65 Å². The monoisotopic (exact) mass is 376 g/mol. The van der Waals surface area contributed by atoms with Gasteiger partial charge in [-0.25, -0.2) is 0 Å². The number of aliphatic hydroxyl groups excluding tert-OH is 1. The van der Waals surface area contributed by atoms with Crippen LogP contribution >= 0.6 is 11.8 Å². The summed E-state index contributed by atoms with van der Waals surface area (Å²) in [6.07, 6.45) is -0.813. The lowest BCUT2D eigenvalue weighted by atomic mass is 9.78. The van der Waals surface area contributed by atoms with Gasteiger partial charge in [-0.15, -0.1) is 0 Å². The predicted octanol–water partition coefficient (Wildman–Crippen LogP) is 2.92. The maximum atomic E-state index is 12.3. The Hall–Kier alpha value is -2.38. The molecule has 0 spiro atoms. The molecule has 0 saturated heterocycles. The smallest absolute Gasteiger partial charge is 0.423 e. The molecule has 1 aliphatic heterocycles. The van der Waals surface area contributed by atoms with Gasteiger partial charge in [0.25, 0.3) is 0 Å². The molecule has 1 aliphatic rings. The molecule has 1 atom stereocenters. The number of thioether (sulfide) groups is 1. The first-order chi connectivity index (χ1) is 13.1. The highest BCUT2D eigenvalue weighted by molar-refractivity contribution is 8.14. The van der Waals surface area contributed by atoms with Crippen molar-refractivity contribution in [2.45, 2.75) is 17.6 Å². The molecule has 2 N–H and O–H groups in total. The Morgan fingerprint density at radius 1 is 1.00 bits per heavy atom. The standard InChI is InChI=1S/C21H17BO4S/c23-20(16-6-7-17-13-26-22(25)19(17)12-16)14-8-10-18(11-9-14)27-21(24)15-4-2-1-3-5-15/h1-12,20,23,25H,13H2. The van der Waals surface area contributed by atoms with E-state index in [9.17, 15) is 14.9 Å². The third-order valence-corrected chi connectivity index (χ3v) is 5.49. The highest BCUT2D eigenvalue weighted by Crippen LogP contribution is 2.27. The van der Waals surface area contributed by atoms with E-state index in [2.05, 4.69) is 0 Å². The molecule has 4 rings (SSSR count). The first-order valence-corrected chi connectivity index (χ1v) is 9.41. The lowest BCUT2D eigenvalue weighted by Crippen LogP contribution is -2.28. The molecule has 3 aromatic rings. The molecule has 1 unspecified atom stereocenters. The lowest BCUT2D eigenvalue weighted by Gasteiger charge is -2.13. The third kappa shape index (κ3) is 3.84. The van der Waals surface area contributed by atoms with Gasteiger partial charge in [0.1, 0.15) is 6.10 Å². The summed E-state index contributed by atoms with van der Waals surface area (Å²) in [7, 11) is -0.935. The van der Waals surface area contributed by atoms with Gasteiger partial charge in [-0.05, 0) is 46.0 Å². The van der Waals surface area contributed by atoms with E-state index in [1.807, 2.05) is 54.6 Å². The fourth-order valence-electron chi connectivity index (χ4n) is 3.05. The fraction of sp³-hybridized carbons (Fsp3) is 0.0952. The molecule has 0 saturated carbocycles. The zero-order valence-electron chi connectivity index (χ0n) is 14.4. The topological polar surface area (TPSA) is 66.8 Å². The Morgan fingerprint density at radius 2 is 1.70 bits per heavy atom. The van der Waals surface area contributed by atoms with Crippen molar-refractivity contribution >= 4 is 29.5 Å². The van der Waals surface area contributed by atoms with Crippen molar-refractivity contribution in [3.05, 3.63) is 95.1 Å². The number of carbonyl (C=O) groups excluding carboxylic acids is 1. The molecule has 3 aromatic carbocycles. The van der Waals surface area contributed by atoms with E-state index in [0.717, 1.165) is 27.8 Å². The number of rotatable bonds is 4. The molecule has 0 bridgehead atoms. The summed E-state index contributed by atoms with van der Waals surface area (Å²) in [4.78, 5) is 13.1. The number of fused-ring (bicyclic) bond motifs is 1. The minimum atomic E-state index is -0.935. The van der Waals surface area contributed by atoms with Crippen molar-refractivity contribution in [2.75, 3.05) is 0 Å². The normalized spacial score (nSPS) is 14.1. The van der Waals surface area contributed by atoms with E-state index in [0.29, 0.717) is 23.2 Å². The van der Waals surface area contributed by atoms with Crippen LogP contribution in [-0.4, -0.2) is 22.4 Å². The van der Waals surface area contributed by atoms with Crippen molar-refractivity contribution in [2.24, 2.45) is 0 Å². The summed E-state index contributed by atoms with van der Waals surface area (Å²) in [5.74, 6) is 0. The number of hydrogen-bond donors (Lipinski definition) is 2. The van der Waals surface area contributed by atoms with Gasteiger partial charge in [-0.3, -0.25) is 4.79 Å². The second-order valence-corrected chi connectivity index (χ2v) is 7.40. The molecule has 0 aromatic heterocycles. The van der Waals surface area contributed by atoms with Crippen molar-refractivity contribution < 1.29 is 19.6 Å². The Balaban J connectivity index is 1.49. The van der Waals surface area contributed by atoms with Crippen LogP contribution < -0.4 is 5.46 Å². The second kappa shape index (κ2) is 7.70. The molecule has 1 heterocycles. The molecule has 0 radical (unpaired) electrons. The Labute approximate surface area is 162 Å². The fourth-order valence-corrected chi connectivity index (χ4v) is 3.79. The van der Waals surface area contributed by atoms with Crippen LogP contribution in [0.4, 0.5) is 0 Å². The summed E-state index contributed by atoms with van der Waals surface area (Å²) < 4.78 is 5.19. The average molecular weight is 376 g/mol. The molecule has 0 fully saturated rings. The third-order valence-electron chi connectivity index (χ3n) is 4.56. The van der Waals surface area contributed by atoms with E-state index in [-0.39, 0.29) is 5.12 Å². The van der Waals surface area contributed by atoms with Gasteiger partial charge in [0.15, 0.2) is 0 Å². The Kier molecular flexibility index (Phi) is 5.14. The van der Waals surface area contributed by atoms with Crippen molar-refractivity contribution in [1.29, 1.82) is 0 Å². The SMILES string of the molecule is O=C(Sc1ccc(C(O)c2ccc3c(c2)B(O)OC3)cc1)c1ccccc1. The zero-order chi connectivity index (χ0) is 18.8. The zero-order valence-corrected chi connectivity index (χ0v) is 15.2. The van der Waals surface area contributed by atoms with Crippen LogP contribution in [-0.2, 0) is 11.3 Å². The van der Waals surface area contributed by atoms with E-state index >= 15 is 0 Å². The largest absolute Gasteiger partial charge is 0.491 e.